The summed E-state index contributed by atoms with van der Waals surface area (Å²) in [6.07, 6.45) is 6.40. The molecular weight excluding hydrogens is 398 g/mol. The zero-order valence-corrected chi connectivity index (χ0v) is 19.3. The number of thioether (sulfide) groups is 1. The van der Waals surface area contributed by atoms with E-state index >= 15 is 0 Å². The van der Waals surface area contributed by atoms with E-state index in [1.165, 1.54) is 48.8 Å². The van der Waals surface area contributed by atoms with Crippen molar-refractivity contribution in [1.82, 2.24) is 15.3 Å². The van der Waals surface area contributed by atoms with E-state index in [0.717, 1.165) is 29.0 Å². The largest absolute Gasteiger partial charge is 0.455 e. The summed E-state index contributed by atoms with van der Waals surface area (Å²) in [5, 5.41) is 3.63. The van der Waals surface area contributed by atoms with Gasteiger partial charge in [0.05, 0.1) is 32.9 Å². The molecule has 1 aliphatic carbocycles. The number of aromatic nitrogens is 2. The molecule has 2 heterocycles. The minimum Gasteiger partial charge on any atom is -0.455 e. The zero-order valence-electron chi connectivity index (χ0n) is 18.5. The molecule has 0 bridgehead atoms. The highest BCUT2D eigenvalue weighted by molar-refractivity contribution is 7.98. The first-order valence-corrected chi connectivity index (χ1v) is 11.8. The van der Waals surface area contributed by atoms with Crippen LogP contribution in [0.1, 0.15) is 54.1 Å². The summed E-state index contributed by atoms with van der Waals surface area (Å²) in [6, 6.07) is 6.20. The van der Waals surface area contributed by atoms with E-state index in [1.54, 1.807) is 6.07 Å². The van der Waals surface area contributed by atoms with Crippen LogP contribution in [-0.2, 0) is 5.75 Å². The second-order valence-electron chi connectivity index (χ2n) is 8.32. The van der Waals surface area contributed by atoms with Crippen LogP contribution in [0, 0.1) is 6.92 Å². The molecule has 0 aromatic carbocycles. The van der Waals surface area contributed by atoms with Crippen LogP contribution in [0.3, 0.4) is 0 Å². The summed E-state index contributed by atoms with van der Waals surface area (Å²) < 4.78 is 5.72. The lowest BCUT2D eigenvalue weighted by Gasteiger charge is -2.32. The molecule has 0 unspecified atom stereocenters. The quantitative estimate of drug-likeness (QED) is 0.468. The molecule has 0 aliphatic heterocycles. The molecule has 1 amide bonds. The number of nitrogens with one attached hydrogen (secondary N) is 2. The number of carbonyl (C=O) groups is 1. The maximum Gasteiger partial charge on any atom is 0.287 e. The molecule has 3 rings (SSSR count). The van der Waals surface area contributed by atoms with Gasteiger partial charge in [0.15, 0.2) is 10.9 Å². The normalized spacial score (nSPS) is 14.8. The smallest absolute Gasteiger partial charge is 0.287 e. The van der Waals surface area contributed by atoms with Gasteiger partial charge in [-0.15, -0.1) is 0 Å². The van der Waals surface area contributed by atoms with Crippen molar-refractivity contribution in [2.24, 2.45) is 0 Å². The molecule has 164 valence electrons. The number of aryl methyl sites for hydroxylation is 1. The second kappa shape index (κ2) is 10.8. The fraction of sp³-hybridized carbons (Fsp3) is 0.591. The number of rotatable bonds is 9. The van der Waals surface area contributed by atoms with Gasteiger partial charge >= 0.3 is 0 Å². The minimum atomic E-state index is -0.171. The zero-order chi connectivity index (χ0) is 21.5. The Bertz CT molecular complexity index is 833. The van der Waals surface area contributed by atoms with Crippen molar-refractivity contribution in [3.63, 3.8) is 0 Å². The van der Waals surface area contributed by atoms with Crippen molar-refractivity contribution < 1.29 is 14.1 Å². The monoisotopic (exact) mass is 432 g/mol. The molecule has 1 aliphatic rings. The average Bonchev–Trinajstić information content (AvgIpc) is 3.21. The highest BCUT2D eigenvalue weighted by Crippen LogP contribution is 2.28. The van der Waals surface area contributed by atoms with Crippen molar-refractivity contribution in [3.05, 3.63) is 35.4 Å². The fourth-order valence-electron chi connectivity index (χ4n) is 3.65. The van der Waals surface area contributed by atoms with E-state index < -0.39 is 0 Å². The van der Waals surface area contributed by atoms with E-state index in [1.807, 2.05) is 13.0 Å². The number of amides is 1. The summed E-state index contributed by atoms with van der Waals surface area (Å²) in [6.45, 7) is 3.51. The molecule has 0 saturated heterocycles. The van der Waals surface area contributed by atoms with Crippen molar-refractivity contribution >= 4 is 23.5 Å². The van der Waals surface area contributed by atoms with E-state index in [4.69, 9.17) is 9.40 Å². The average molecular weight is 433 g/mol. The topological polar surface area (TPSA) is 75.7 Å². The van der Waals surface area contributed by atoms with Gasteiger partial charge in [-0.3, -0.25) is 4.79 Å². The van der Waals surface area contributed by atoms with Gasteiger partial charge in [-0.05, 0) is 31.9 Å². The summed E-state index contributed by atoms with van der Waals surface area (Å²) in [5.41, 5.74) is 0.965. The van der Waals surface area contributed by atoms with Gasteiger partial charge in [-0.25, -0.2) is 9.97 Å². The first-order valence-electron chi connectivity index (χ1n) is 10.8. The first-order chi connectivity index (χ1) is 14.4. The van der Waals surface area contributed by atoms with E-state index in [9.17, 15) is 4.79 Å². The highest BCUT2D eigenvalue weighted by atomic mass is 32.2. The maximum absolute atomic E-state index is 12.2. The van der Waals surface area contributed by atoms with Crippen molar-refractivity contribution in [1.29, 1.82) is 0 Å². The van der Waals surface area contributed by atoms with Crippen molar-refractivity contribution in [2.75, 3.05) is 39.1 Å². The molecule has 1 fully saturated rings. The molecule has 0 radical (unpaired) electrons. The molecule has 1 saturated carbocycles. The number of anilines is 1. The Balaban J connectivity index is 1.57. The number of hydrogen-bond donors (Lipinski definition) is 2. The summed E-state index contributed by atoms with van der Waals surface area (Å²) in [5.74, 6) is 2.50. The SMILES string of the molecule is Cc1cc(N(C)C2CCCCC2)nc(SCc2ccc(C(=O)NCC[NH+](C)C)o2)n1. The Morgan fingerprint density at radius 3 is 2.77 bits per heavy atom. The van der Waals surface area contributed by atoms with Gasteiger partial charge in [0.1, 0.15) is 11.6 Å². The number of likely N-dealkylation sites (N-methyl/N-ethyl adjacent to an activating group) is 1. The standard InChI is InChI=1S/C22H33N5O2S/c1-16-14-20(27(4)17-8-6-5-7-9-17)25-22(24-16)30-15-18-10-11-19(29-18)21(28)23-12-13-26(2)3/h10-11,14,17H,5-9,12-13,15H2,1-4H3,(H,23,28)/p+1. The third-order valence-electron chi connectivity index (χ3n) is 5.44. The molecule has 2 aromatic rings. The minimum absolute atomic E-state index is 0.171. The van der Waals surface area contributed by atoms with Gasteiger partial charge in [-0.2, -0.15) is 0 Å². The van der Waals surface area contributed by atoms with Crippen molar-refractivity contribution in [3.8, 4) is 0 Å². The third kappa shape index (κ3) is 6.47. The second-order valence-corrected chi connectivity index (χ2v) is 9.26. The van der Waals surface area contributed by atoms with Crippen LogP contribution in [-0.4, -0.2) is 56.1 Å². The number of carbonyl (C=O) groups excluding carboxylic acids is 1. The fourth-order valence-corrected chi connectivity index (χ4v) is 4.45. The Hall–Kier alpha value is -2.06. The number of furan rings is 1. The van der Waals surface area contributed by atoms with E-state index in [0.29, 0.717) is 24.1 Å². The number of quaternary nitrogens is 1. The van der Waals surface area contributed by atoms with Crippen LogP contribution in [0.25, 0.3) is 0 Å². The Morgan fingerprint density at radius 1 is 1.27 bits per heavy atom. The summed E-state index contributed by atoms with van der Waals surface area (Å²) in [7, 11) is 6.25. The van der Waals surface area contributed by atoms with Gasteiger partial charge < -0.3 is 19.5 Å². The Morgan fingerprint density at radius 2 is 2.03 bits per heavy atom. The lowest BCUT2D eigenvalue weighted by Crippen LogP contribution is -3.06. The predicted molar refractivity (Wildman–Crippen MR) is 120 cm³/mol. The van der Waals surface area contributed by atoms with Gasteiger partial charge in [0.25, 0.3) is 5.91 Å². The lowest BCUT2D eigenvalue weighted by atomic mass is 9.94. The van der Waals surface area contributed by atoms with Crippen LogP contribution in [0.5, 0.6) is 0 Å². The van der Waals surface area contributed by atoms with Gasteiger partial charge in [0, 0.05) is 24.8 Å². The van der Waals surface area contributed by atoms with Gasteiger partial charge in [0.2, 0.25) is 0 Å². The molecule has 0 spiro atoms. The molecule has 2 aromatic heterocycles. The summed E-state index contributed by atoms with van der Waals surface area (Å²) in [4.78, 5) is 25.1. The van der Waals surface area contributed by atoms with Gasteiger partial charge in [-0.1, -0.05) is 31.0 Å². The molecule has 7 nitrogen and oxygen atoms in total. The maximum atomic E-state index is 12.2. The number of hydrogen-bond acceptors (Lipinski definition) is 6. The Kier molecular flexibility index (Phi) is 8.16. The number of nitrogens with zero attached hydrogens (tertiary/aromatic N) is 3. The van der Waals surface area contributed by atoms with Crippen LogP contribution in [0.15, 0.2) is 27.8 Å². The Labute approximate surface area is 183 Å². The van der Waals surface area contributed by atoms with Crippen LogP contribution >= 0.6 is 11.8 Å². The van der Waals surface area contributed by atoms with E-state index in [2.05, 4.69) is 42.4 Å². The molecular formula is C22H34N5O2S+. The predicted octanol–water partition coefficient (Wildman–Crippen LogP) is 2.31. The molecule has 2 N–H and O–H groups in total. The van der Waals surface area contributed by atoms with Crippen LogP contribution < -0.4 is 15.1 Å². The molecule has 0 atom stereocenters. The van der Waals surface area contributed by atoms with Crippen LogP contribution in [0.2, 0.25) is 0 Å². The summed E-state index contributed by atoms with van der Waals surface area (Å²) >= 11 is 1.54. The van der Waals surface area contributed by atoms with Crippen LogP contribution in [0.4, 0.5) is 5.82 Å². The first kappa shape index (κ1) is 22.6. The lowest BCUT2D eigenvalue weighted by molar-refractivity contribution is -0.856. The molecule has 8 heteroatoms. The van der Waals surface area contributed by atoms with E-state index in [-0.39, 0.29) is 5.91 Å². The third-order valence-corrected chi connectivity index (χ3v) is 6.31. The van der Waals surface area contributed by atoms with Crippen molar-refractivity contribution in [2.45, 2.75) is 56.0 Å². The highest BCUT2D eigenvalue weighted by Gasteiger charge is 2.20. The molecule has 30 heavy (non-hydrogen) atoms.